The summed E-state index contributed by atoms with van der Waals surface area (Å²) in [5.41, 5.74) is 2.51. The Kier molecular flexibility index (Phi) is 8.40. The molecular formula is C26H27BrN6O4S. The second kappa shape index (κ2) is 12.1. The molecule has 1 amide bonds. The first-order valence-electron chi connectivity index (χ1n) is 12.2. The van der Waals surface area contributed by atoms with Gasteiger partial charge in [-0.05, 0) is 49.6 Å². The van der Waals surface area contributed by atoms with Crippen LogP contribution in [0, 0.1) is 0 Å². The highest BCUT2D eigenvalue weighted by molar-refractivity contribution is 9.10. The highest BCUT2D eigenvalue weighted by atomic mass is 79.9. The number of rotatable bonds is 8. The molecule has 12 heteroatoms. The van der Waals surface area contributed by atoms with Crippen LogP contribution in [0.3, 0.4) is 0 Å². The van der Waals surface area contributed by atoms with Crippen LogP contribution in [0.1, 0.15) is 37.8 Å². The number of fused-ring (bicyclic) bond motifs is 1. The number of benzene rings is 1. The van der Waals surface area contributed by atoms with E-state index in [1.807, 2.05) is 40.4 Å². The van der Waals surface area contributed by atoms with E-state index < -0.39 is 5.91 Å². The molecule has 5 rings (SSSR count). The number of halogens is 1. The Labute approximate surface area is 232 Å². The summed E-state index contributed by atoms with van der Waals surface area (Å²) in [5, 5.41) is 25.6. The number of aromatic nitrogens is 2. The Morgan fingerprint density at radius 3 is 3.03 bits per heavy atom. The van der Waals surface area contributed by atoms with Gasteiger partial charge < -0.3 is 14.7 Å². The number of amides is 1. The van der Waals surface area contributed by atoms with Crippen molar-refractivity contribution in [1.29, 1.82) is 0 Å². The Morgan fingerprint density at radius 1 is 1.34 bits per heavy atom. The molecule has 0 spiro atoms. The molecule has 0 bridgehead atoms. The smallest absolute Gasteiger partial charge is 0.304 e. The molecule has 1 saturated heterocycles. The molecule has 2 aliphatic heterocycles. The molecule has 2 aliphatic rings. The van der Waals surface area contributed by atoms with Crippen LogP contribution in [-0.4, -0.2) is 49.8 Å². The van der Waals surface area contributed by atoms with E-state index in [9.17, 15) is 9.90 Å². The maximum Gasteiger partial charge on any atom is 0.304 e. The number of oxime groups is 1. The zero-order valence-electron chi connectivity index (χ0n) is 20.7. The van der Waals surface area contributed by atoms with Crippen molar-refractivity contribution in [3.8, 4) is 5.88 Å². The number of pyridine rings is 1. The number of carbonyl (C=O) groups is 1. The minimum atomic E-state index is -0.623. The molecule has 1 fully saturated rings. The zero-order chi connectivity index (χ0) is 26.5. The fourth-order valence-electron chi connectivity index (χ4n) is 4.63. The van der Waals surface area contributed by atoms with Crippen LogP contribution < -0.4 is 0 Å². The maximum absolute atomic E-state index is 12.3. The van der Waals surface area contributed by atoms with Gasteiger partial charge in [-0.3, -0.25) is 19.2 Å². The monoisotopic (exact) mass is 598 g/mol. The fourth-order valence-corrected chi connectivity index (χ4v) is 5.63. The van der Waals surface area contributed by atoms with Gasteiger partial charge in [-0.15, -0.1) is 10.2 Å². The van der Waals surface area contributed by atoms with Crippen molar-refractivity contribution in [2.24, 2.45) is 15.4 Å². The van der Waals surface area contributed by atoms with Gasteiger partial charge in [0, 0.05) is 40.2 Å². The Bertz CT molecular complexity index is 1390. The van der Waals surface area contributed by atoms with Crippen molar-refractivity contribution in [1.82, 2.24) is 14.5 Å². The maximum atomic E-state index is 12.3. The minimum absolute atomic E-state index is 0.0529. The van der Waals surface area contributed by atoms with Crippen molar-refractivity contribution < 1.29 is 19.5 Å². The molecule has 38 heavy (non-hydrogen) atoms. The third kappa shape index (κ3) is 5.92. The molecule has 2 aromatic heterocycles. The number of likely N-dealkylation sites (tertiary alicyclic amines) is 1. The van der Waals surface area contributed by atoms with Crippen molar-refractivity contribution >= 4 is 55.9 Å². The lowest BCUT2D eigenvalue weighted by Crippen LogP contribution is -2.34. The summed E-state index contributed by atoms with van der Waals surface area (Å²) in [6.07, 6.45) is 8.49. The molecule has 4 heterocycles. The van der Waals surface area contributed by atoms with E-state index in [4.69, 9.17) is 9.57 Å². The average Bonchev–Trinajstić information content (AvgIpc) is 3.56. The Morgan fingerprint density at radius 2 is 2.24 bits per heavy atom. The van der Waals surface area contributed by atoms with Gasteiger partial charge >= 0.3 is 5.91 Å². The lowest BCUT2D eigenvalue weighted by Gasteiger charge is -2.36. The van der Waals surface area contributed by atoms with Crippen LogP contribution in [0.5, 0.6) is 5.88 Å². The van der Waals surface area contributed by atoms with Gasteiger partial charge in [0.1, 0.15) is 5.71 Å². The minimum Gasteiger partial charge on any atom is -0.493 e. The highest BCUT2D eigenvalue weighted by Crippen LogP contribution is 2.41. The molecule has 0 unspecified atom stereocenters. The first kappa shape index (κ1) is 26.4. The van der Waals surface area contributed by atoms with Crippen molar-refractivity contribution in [3.63, 3.8) is 0 Å². The third-order valence-corrected chi connectivity index (χ3v) is 7.90. The van der Waals surface area contributed by atoms with E-state index in [1.54, 1.807) is 19.4 Å². The van der Waals surface area contributed by atoms with Gasteiger partial charge in [0.2, 0.25) is 5.88 Å². The molecule has 198 valence electrons. The van der Waals surface area contributed by atoms with Crippen LogP contribution in [0.4, 0.5) is 5.69 Å². The fraction of sp³-hybridized carbons (Fsp3) is 0.346. The van der Waals surface area contributed by atoms with E-state index in [2.05, 4.69) is 47.3 Å². The van der Waals surface area contributed by atoms with Gasteiger partial charge in [-0.1, -0.05) is 45.3 Å². The molecule has 0 radical (unpaired) electrons. The van der Waals surface area contributed by atoms with Gasteiger partial charge in [0.05, 0.1) is 18.4 Å². The molecule has 1 N–H and O–H groups in total. The number of azo groups is 1. The number of nitrogens with zero attached hydrogens (tertiary/aromatic N) is 6. The number of hydrogen-bond acceptors (Lipinski definition) is 9. The summed E-state index contributed by atoms with van der Waals surface area (Å²) in [7, 11) is 0. The molecule has 1 aromatic carbocycles. The summed E-state index contributed by atoms with van der Waals surface area (Å²) in [4.78, 5) is 24.1. The first-order valence-corrected chi connectivity index (χ1v) is 14.0. The van der Waals surface area contributed by atoms with Crippen LogP contribution in [0.25, 0.3) is 10.9 Å². The molecule has 0 saturated carbocycles. The molecule has 10 nitrogen and oxygen atoms in total. The SMILES string of the molecule is C/C(=N/OCC(=O)N=Nc1c(O)n(CN2CCCC[C@@H]2c2cccnc2)c2ccc(Br)cc12)[C@@H]1OC=CS1. The molecule has 0 aliphatic carbocycles. The molecule has 2 atom stereocenters. The van der Waals surface area contributed by atoms with E-state index in [-0.39, 0.29) is 29.7 Å². The van der Waals surface area contributed by atoms with Crippen LogP contribution in [0.2, 0.25) is 0 Å². The first-order chi connectivity index (χ1) is 18.5. The molecule has 3 aromatic rings. The van der Waals surface area contributed by atoms with E-state index in [1.165, 1.54) is 11.8 Å². The van der Waals surface area contributed by atoms with Crippen molar-refractivity contribution in [2.75, 3.05) is 13.2 Å². The number of thioether (sulfide) groups is 1. The summed E-state index contributed by atoms with van der Waals surface area (Å²) in [6.45, 7) is 2.72. The second-order valence-electron chi connectivity index (χ2n) is 8.99. The van der Waals surface area contributed by atoms with Gasteiger partial charge in [-0.25, -0.2) is 0 Å². The largest absolute Gasteiger partial charge is 0.493 e. The molecular weight excluding hydrogens is 572 g/mol. The summed E-state index contributed by atoms with van der Waals surface area (Å²) >= 11 is 4.95. The van der Waals surface area contributed by atoms with Crippen molar-refractivity contribution in [3.05, 3.63) is 64.4 Å². The van der Waals surface area contributed by atoms with Gasteiger partial charge in [0.15, 0.2) is 17.7 Å². The summed E-state index contributed by atoms with van der Waals surface area (Å²) in [6, 6.07) is 9.93. The number of piperidine rings is 1. The highest BCUT2D eigenvalue weighted by Gasteiger charge is 2.27. The number of hydrogen-bond donors (Lipinski definition) is 1. The normalized spacial score (nSPS) is 20.3. The van der Waals surface area contributed by atoms with E-state index in [0.29, 0.717) is 17.8 Å². The lowest BCUT2D eigenvalue weighted by atomic mass is 9.97. The average molecular weight is 600 g/mol. The number of ether oxygens (including phenoxy) is 1. The quantitative estimate of drug-likeness (QED) is 0.185. The van der Waals surface area contributed by atoms with E-state index in [0.717, 1.165) is 41.4 Å². The zero-order valence-corrected chi connectivity index (χ0v) is 23.1. The van der Waals surface area contributed by atoms with Gasteiger partial charge in [0.25, 0.3) is 0 Å². The van der Waals surface area contributed by atoms with Crippen LogP contribution in [-0.2, 0) is 21.0 Å². The lowest BCUT2D eigenvalue weighted by molar-refractivity contribution is -0.122. The summed E-state index contributed by atoms with van der Waals surface area (Å²) < 4.78 is 7.97. The van der Waals surface area contributed by atoms with Crippen LogP contribution >= 0.6 is 27.7 Å². The van der Waals surface area contributed by atoms with E-state index >= 15 is 0 Å². The second-order valence-corrected chi connectivity index (χ2v) is 10.9. The number of aromatic hydroxyl groups is 1. The standard InChI is InChI=1S/C26H27BrN6O4S/c1-17(26-36-11-12-38-26)31-37-15-23(34)29-30-24-20-13-19(27)7-8-22(20)33(25(24)35)16-32-10-3-2-6-21(32)18-5-4-9-28-14-18/h4-5,7-9,11-14,21,26,35H,2-3,6,10,15-16H2,1H3/b30-29?,31-17-/t21-,26-/m1/s1. The predicted octanol–water partition coefficient (Wildman–Crippen LogP) is 6.25. The Hall–Kier alpha value is -3.22. The van der Waals surface area contributed by atoms with Crippen molar-refractivity contribution in [2.45, 2.75) is 44.3 Å². The Balaban J connectivity index is 1.35. The topological polar surface area (TPSA) is 114 Å². The number of carbonyl (C=O) groups excluding carboxylic acids is 1. The van der Waals surface area contributed by atoms with Crippen LogP contribution in [0.15, 0.2) is 74.3 Å². The predicted molar refractivity (Wildman–Crippen MR) is 149 cm³/mol. The van der Waals surface area contributed by atoms with Gasteiger partial charge in [-0.2, -0.15) is 0 Å². The third-order valence-electron chi connectivity index (χ3n) is 6.44. The summed E-state index contributed by atoms with van der Waals surface area (Å²) in [5.74, 6) is -0.675.